The van der Waals surface area contributed by atoms with Gasteiger partial charge in [0, 0.05) is 30.5 Å². The van der Waals surface area contributed by atoms with E-state index in [9.17, 15) is 9.59 Å². The zero-order valence-corrected chi connectivity index (χ0v) is 17.2. The number of rotatable bonds is 9. The van der Waals surface area contributed by atoms with E-state index in [-0.39, 0.29) is 24.5 Å². The molecule has 160 valence electrons. The molecule has 2 aromatic rings. The van der Waals surface area contributed by atoms with Crippen molar-refractivity contribution in [1.29, 1.82) is 0 Å². The first-order valence-electron chi connectivity index (χ1n) is 9.84. The first-order valence-corrected chi connectivity index (χ1v) is 9.84. The zero-order valence-electron chi connectivity index (χ0n) is 17.2. The van der Waals surface area contributed by atoms with Gasteiger partial charge in [0.15, 0.2) is 0 Å². The third-order valence-corrected chi connectivity index (χ3v) is 4.80. The van der Waals surface area contributed by atoms with Gasteiger partial charge in [-0.1, -0.05) is 0 Å². The predicted molar refractivity (Wildman–Crippen MR) is 114 cm³/mol. The van der Waals surface area contributed by atoms with Crippen LogP contribution < -0.4 is 25.4 Å². The van der Waals surface area contributed by atoms with Crippen LogP contribution in [0.5, 0.6) is 11.5 Å². The van der Waals surface area contributed by atoms with Crippen LogP contribution in [0.1, 0.15) is 23.2 Å². The summed E-state index contributed by atoms with van der Waals surface area (Å²) in [5.41, 5.74) is 1.82. The van der Waals surface area contributed by atoms with E-state index in [0.29, 0.717) is 29.3 Å². The Morgan fingerprint density at radius 2 is 1.90 bits per heavy atom. The molecule has 2 aromatic carbocycles. The highest BCUT2D eigenvalue weighted by atomic mass is 16.5. The number of amides is 2. The molecular weight excluding hydrogens is 386 g/mol. The number of benzene rings is 2. The minimum atomic E-state index is -0.236. The van der Waals surface area contributed by atoms with Crippen LogP contribution in [0.25, 0.3) is 0 Å². The van der Waals surface area contributed by atoms with Gasteiger partial charge in [-0.25, -0.2) is 0 Å². The molecular formula is C22H27N3O5. The molecule has 1 aliphatic heterocycles. The summed E-state index contributed by atoms with van der Waals surface area (Å²) in [6.07, 6.45) is 2.13. The van der Waals surface area contributed by atoms with E-state index >= 15 is 0 Å². The van der Waals surface area contributed by atoms with Crippen LogP contribution in [0.2, 0.25) is 0 Å². The topological polar surface area (TPSA) is 97.9 Å². The smallest absolute Gasteiger partial charge is 0.251 e. The summed E-state index contributed by atoms with van der Waals surface area (Å²) in [7, 11) is 3.09. The maximum Gasteiger partial charge on any atom is 0.251 e. The fourth-order valence-electron chi connectivity index (χ4n) is 3.14. The lowest BCUT2D eigenvalue weighted by Gasteiger charge is -2.13. The number of methoxy groups -OCH3 is 2. The monoisotopic (exact) mass is 413 g/mol. The van der Waals surface area contributed by atoms with Gasteiger partial charge in [0.1, 0.15) is 11.5 Å². The van der Waals surface area contributed by atoms with Gasteiger partial charge in [-0.15, -0.1) is 0 Å². The predicted octanol–water partition coefficient (Wildman–Crippen LogP) is 2.66. The zero-order chi connectivity index (χ0) is 21.3. The summed E-state index contributed by atoms with van der Waals surface area (Å²) in [4.78, 5) is 24.5. The molecule has 0 aromatic heterocycles. The third-order valence-electron chi connectivity index (χ3n) is 4.80. The van der Waals surface area contributed by atoms with Gasteiger partial charge in [-0.05, 0) is 49.2 Å². The van der Waals surface area contributed by atoms with Crippen molar-refractivity contribution in [2.75, 3.05) is 44.5 Å². The number of hydrogen-bond donors (Lipinski definition) is 3. The van der Waals surface area contributed by atoms with Crippen molar-refractivity contribution < 1.29 is 23.8 Å². The van der Waals surface area contributed by atoms with Gasteiger partial charge in [-0.2, -0.15) is 0 Å². The standard InChI is InChI=1S/C22H27N3O5/c1-28-17-9-10-20(29-2)19(12-17)25-21(26)14-23-16-7-5-15(6-8-16)22(27)24-13-18-4-3-11-30-18/h5-10,12,18,23H,3-4,11,13-14H2,1-2H3,(H,24,27)(H,25,26). The lowest BCUT2D eigenvalue weighted by Crippen LogP contribution is -2.31. The molecule has 8 nitrogen and oxygen atoms in total. The number of nitrogens with one attached hydrogen (secondary N) is 3. The Hall–Kier alpha value is -3.26. The van der Waals surface area contributed by atoms with Gasteiger partial charge in [-0.3, -0.25) is 9.59 Å². The normalized spacial score (nSPS) is 15.3. The van der Waals surface area contributed by atoms with Gasteiger partial charge in [0.2, 0.25) is 5.91 Å². The molecule has 1 fully saturated rings. The molecule has 1 atom stereocenters. The van der Waals surface area contributed by atoms with E-state index in [2.05, 4.69) is 16.0 Å². The number of anilines is 2. The molecule has 0 saturated carbocycles. The second kappa shape index (κ2) is 10.5. The summed E-state index contributed by atoms with van der Waals surface area (Å²) in [6, 6.07) is 12.1. The lowest BCUT2D eigenvalue weighted by molar-refractivity contribution is -0.114. The van der Waals surface area contributed by atoms with Crippen molar-refractivity contribution in [2.24, 2.45) is 0 Å². The van der Waals surface area contributed by atoms with E-state index in [1.807, 2.05) is 0 Å². The molecule has 1 heterocycles. The van der Waals surface area contributed by atoms with Crippen molar-refractivity contribution in [1.82, 2.24) is 5.32 Å². The van der Waals surface area contributed by atoms with Crippen LogP contribution in [0.4, 0.5) is 11.4 Å². The van der Waals surface area contributed by atoms with Crippen LogP contribution in [-0.4, -0.2) is 51.8 Å². The maximum atomic E-state index is 12.3. The van der Waals surface area contributed by atoms with Crippen molar-refractivity contribution in [3.05, 3.63) is 48.0 Å². The van der Waals surface area contributed by atoms with Gasteiger partial charge in [0.05, 0.1) is 32.6 Å². The SMILES string of the molecule is COc1ccc(OC)c(NC(=O)CNc2ccc(C(=O)NCC3CCCO3)cc2)c1. The summed E-state index contributed by atoms with van der Waals surface area (Å²) in [5, 5.41) is 8.72. The minimum Gasteiger partial charge on any atom is -0.497 e. The lowest BCUT2D eigenvalue weighted by atomic mass is 10.2. The highest BCUT2D eigenvalue weighted by Crippen LogP contribution is 2.28. The first-order chi connectivity index (χ1) is 14.6. The quantitative estimate of drug-likeness (QED) is 0.585. The second-order valence-corrected chi connectivity index (χ2v) is 6.89. The molecule has 0 bridgehead atoms. The van der Waals surface area contributed by atoms with E-state index in [1.54, 1.807) is 49.6 Å². The summed E-state index contributed by atoms with van der Waals surface area (Å²) < 4.78 is 15.9. The summed E-state index contributed by atoms with van der Waals surface area (Å²) in [5.74, 6) is 0.787. The van der Waals surface area contributed by atoms with Crippen LogP contribution >= 0.6 is 0 Å². The Labute approximate surface area is 175 Å². The Morgan fingerprint density at radius 3 is 2.57 bits per heavy atom. The molecule has 1 aliphatic rings. The number of ether oxygens (including phenoxy) is 3. The number of carbonyl (C=O) groups excluding carboxylic acids is 2. The molecule has 1 saturated heterocycles. The molecule has 1 unspecified atom stereocenters. The van der Waals surface area contributed by atoms with Crippen molar-refractivity contribution in [3.63, 3.8) is 0 Å². The van der Waals surface area contributed by atoms with Gasteiger partial charge < -0.3 is 30.2 Å². The Bertz CT molecular complexity index is 864. The van der Waals surface area contributed by atoms with E-state index in [0.717, 1.165) is 25.1 Å². The summed E-state index contributed by atoms with van der Waals surface area (Å²) in [6.45, 7) is 1.34. The average Bonchev–Trinajstić information content (AvgIpc) is 3.30. The van der Waals surface area contributed by atoms with E-state index in [4.69, 9.17) is 14.2 Å². The minimum absolute atomic E-state index is 0.0604. The van der Waals surface area contributed by atoms with Gasteiger partial charge in [0.25, 0.3) is 5.91 Å². The van der Waals surface area contributed by atoms with Gasteiger partial charge >= 0.3 is 0 Å². The summed E-state index contributed by atoms with van der Waals surface area (Å²) >= 11 is 0. The van der Waals surface area contributed by atoms with Crippen molar-refractivity contribution in [2.45, 2.75) is 18.9 Å². The fraction of sp³-hybridized carbons (Fsp3) is 0.364. The van der Waals surface area contributed by atoms with E-state index < -0.39 is 0 Å². The molecule has 2 amide bonds. The Balaban J connectivity index is 1.48. The largest absolute Gasteiger partial charge is 0.497 e. The van der Waals surface area contributed by atoms with Crippen molar-refractivity contribution in [3.8, 4) is 11.5 Å². The first kappa shape index (κ1) is 21.4. The fourth-order valence-corrected chi connectivity index (χ4v) is 3.14. The van der Waals surface area contributed by atoms with Crippen LogP contribution in [0.15, 0.2) is 42.5 Å². The third kappa shape index (κ3) is 5.87. The number of hydrogen-bond acceptors (Lipinski definition) is 6. The molecule has 0 aliphatic carbocycles. The van der Waals surface area contributed by atoms with E-state index in [1.165, 1.54) is 7.11 Å². The maximum absolute atomic E-state index is 12.3. The van der Waals surface area contributed by atoms with Crippen LogP contribution in [-0.2, 0) is 9.53 Å². The second-order valence-electron chi connectivity index (χ2n) is 6.89. The average molecular weight is 413 g/mol. The molecule has 0 spiro atoms. The number of carbonyl (C=O) groups is 2. The highest BCUT2D eigenvalue weighted by molar-refractivity contribution is 5.96. The Kier molecular flexibility index (Phi) is 7.51. The molecule has 30 heavy (non-hydrogen) atoms. The van der Waals surface area contributed by atoms with Crippen molar-refractivity contribution >= 4 is 23.2 Å². The molecule has 3 rings (SSSR count). The van der Waals surface area contributed by atoms with Crippen LogP contribution in [0.3, 0.4) is 0 Å². The molecule has 3 N–H and O–H groups in total. The molecule has 0 radical (unpaired) electrons. The van der Waals surface area contributed by atoms with Crippen LogP contribution in [0, 0.1) is 0 Å². The molecule has 8 heteroatoms. The Morgan fingerprint density at radius 1 is 1.10 bits per heavy atom. The highest BCUT2D eigenvalue weighted by Gasteiger charge is 2.16.